The summed E-state index contributed by atoms with van der Waals surface area (Å²) in [5, 5.41) is 12.1. The summed E-state index contributed by atoms with van der Waals surface area (Å²) in [6.45, 7) is 5.58. The summed E-state index contributed by atoms with van der Waals surface area (Å²) in [6.07, 6.45) is 5.22. The van der Waals surface area contributed by atoms with Gasteiger partial charge in [0.25, 0.3) is 0 Å². The maximum atomic E-state index is 11.4. The first-order valence-electron chi connectivity index (χ1n) is 8.93. The van der Waals surface area contributed by atoms with Crippen molar-refractivity contribution in [2.75, 3.05) is 39.8 Å². The van der Waals surface area contributed by atoms with Crippen LogP contribution in [0.3, 0.4) is 0 Å². The highest BCUT2D eigenvalue weighted by Crippen LogP contribution is 2.37. The average Bonchev–Trinajstić information content (AvgIpc) is 2.54. The van der Waals surface area contributed by atoms with E-state index in [1.807, 2.05) is 12.1 Å². The summed E-state index contributed by atoms with van der Waals surface area (Å²) >= 11 is 5.99. The van der Waals surface area contributed by atoms with Crippen molar-refractivity contribution in [1.82, 2.24) is 9.80 Å². The third kappa shape index (κ3) is 4.48. The summed E-state index contributed by atoms with van der Waals surface area (Å²) in [5.41, 5.74) is 0.636. The zero-order valence-electron chi connectivity index (χ0n) is 14.2. The van der Waals surface area contributed by atoms with Crippen LogP contribution in [0.1, 0.15) is 31.2 Å². The summed E-state index contributed by atoms with van der Waals surface area (Å²) in [7, 11) is 2.19. The molecule has 23 heavy (non-hydrogen) atoms. The molecule has 1 aliphatic heterocycles. The number of rotatable bonds is 4. The van der Waals surface area contributed by atoms with Gasteiger partial charge in [-0.1, -0.05) is 36.6 Å². The van der Waals surface area contributed by atoms with Crippen LogP contribution in [0.5, 0.6) is 0 Å². The molecular weight excluding hydrogens is 308 g/mol. The molecule has 1 saturated heterocycles. The van der Waals surface area contributed by atoms with Crippen molar-refractivity contribution < 1.29 is 5.11 Å². The number of hydrogen-bond donors (Lipinski definition) is 1. The molecule has 1 aromatic rings. The predicted octanol–water partition coefficient (Wildman–Crippen LogP) is 3.05. The largest absolute Gasteiger partial charge is 0.389 e. The Morgan fingerprint density at radius 3 is 2.52 bits per heavy atom. The van der Waals surface area contributed by atoms with Gasteiger partial charge in [-0.15, -0.1) is 0 Å². The lowest BCUT2D eigenvalue weighted by atomic mass is 9.72. The average molecular weight is 337 g/mol. The molecule has 2 fully saturated rings. The molecule has 0 aromatic heterocycles. The van der Waals surface area contributed by atoms with E-state index in [4.69, 9.17) is 11.6 Å². The fourth-order valence-electron chi connectivity index (χ4n) is 4.09. The van der Waals surface area contributed by atoms with Gasteiger partial charge in [0, 0.05) is 50.1 Å². The molecule has 4 heteroatoms. The van der Waals surface area contributed by atoms with Crippen molar-refractivity contribution in [2.24, 2.45) is 5.92 Å². The van der Waals surface area contributed by atoms with Gasteiger partial charge in [0.2, 0.25) is 0 Å². The van der Waals surface area contributed by atoms with Gasteiger partial charge in [-0.3, -0.25) is 0 Å². The summed E-state index contributed by atoms with van der Waals surface area (Å²) in [5.74, 6) is 0.385. The monoisotopic (exact) mass is 336 g/mol. The van der Waals surface area contributed by atoms with E-state index in [9.17, 15) is 5.11 Å². The highest BCUT2D eigenvalue weighted by Gasteiger charge is 2.39. The summed E-state index contributed by atoms with van der Waals surface area (Å²) in [4.78, 5) is 4.93. The fraction of sp³-hybridized carbons (Fsp3) is 0.684. The zero-order valence-corrected chi connectivity index (χ0v) is 14.9. The third-order valence-corrected chi connectivity index (χ3v) is 5.92. The molecule has 2 atom stereocenters. The molecule has 0 amide bonds. The highest BCUT2D eigenvalue weighted by atomic mass is 35.5. The molecule has 0 spiro atoms. The normalized spacial score (nSPS) is 30.5. The van der Waals surface area contributed by atoms with Gasteiger partial charge < -0.3 is 14.9 Å². The Labute approximate surface area is 145 Å². The molecule has 1 saturated carbocycles. The van der Waals surface area contributed by atoms with Crippen molar-refractivity contribution >= 4 is 11.6 Å². The second-order valence-corrected chi connectivity index (χ2v) is 7.89. The molecule has 0 bridgehead atoms. The van der Waals surface area contributed by atoms with E-state index >= 15 is 0 Å². The van der Waals surface area contributed by atoms with Gasteiger partial charge in [0.15, 0.2) is 0 Å². The lowest BCUT2D eigenvalue weighted by molar-refractivity contribution is -0.0620. The fourth-order valence-corrected chi connectivity index (χ4v) is 4.21. The minimum absolute atomic E-state index is 0.385. The Bertz CT molecular complexity index is 499. The minimum Gasteiger partial charge on any atom is -0.389 e. The molecular formula is C19H29ClN2O. The minimum atomic E-state index is -0.560. The predicted molar refractivity (Wildman–Crippen MR) is 96.0 cm³/mol. The lowest BCUT2D eigenvalue weighted by Gasteiger charge is -2.44. The quantitative estimate of drug-likeness (QED) is 0.915. The van der Waals surface area contributed by atoms with Gasteiger partial charge in [0.05, 0.1) is 5.60 Å². The van der Waals surface area contributed by atoms with Gasteiger partial charge in [-0.05, 0) is 37.6 Å². The first-order chi connectivity index (χ1) is 11.0. The van der Waals surface area contributed by atoms with Gasteiger partial charge in [-0.2, -0.15) is 0 Å². The van der Waals surface area contributed by atoms with Crippen LogP contribution in [-0.4, -0.2) is 60.3 Å². The molecule has 0 radical (unpaired) electrons. The molecule has 2 aliphatic rings. The Hall–Kier alpha value is -0.610. The van der Waals surface area contributed by atoms with Crippen LogP contribution in [0.2, 0.25) is 5.02 Å². The molecule has 1 N–H and O–H groups in total. The van der Waals surface area contributed by atoms with E-state index in [1.165, 1.54) is 12.0 Å². The zero-order chi connectivity index (χ0) is 16.3. The highest BCUT2D eigenvalue weighted by molar-refractivity contribution is 6.30. The Kier molecular flexibility index (Phi) is 5.63. The molecule has 1 aromatic carbocycles. The van der Waals surface area contributed by atoms with E-state index in [-0.39, 0.29) is 0 Å². The van der Waals surface area contributed by atoms with Crippen LogP contribution in [0.25, 0.3) is 0 Å². The Morgan fingerprint density at radius 1 is 1.13 bits per heavy atom. The number of nitrogens with zero attached hydrogens (tertiary/aromatic N) is 2. The maximum Gasteiger partial charge on any atom is 0.0728 e. The smallest absolute Gasteiger partial charge is 0.0728 e. The molecule has 128 valence electrons. The van der Waals surface area contributed by atoms with Crippen LogP contribution >= 0.6 is 11.6 Å². The lowest BCUT2D eigenvalue weighted by Crippen LogP contribution is -2.52. The molecule has 3 nitrogen and oxygen atoms in total. The number of hydrogen-bond acceptors (Lipinski definition) is 3. The molecule has 2 unspecified atom stereocenters. The Balaban J connectivity index is 1.65. The topological polar surface area (TPSA) is 26.7 Å². The van der Waals surface area contributed by atoms with E-state index in [2.05, 4.69) is 29.0 Å². The first kappa shape index (κ1) is 17.2. The summed E-state index contributed by atoms with van der Waals surface area (Å²) in [6, 6.07) is 7.97. The second kappa shape index (κ2) is 7.52. The third-order valence-electron chi connectivity index (χ3n) is 5.67. The van der Waals surface area contributed by atoms with E-state index in [0.717, 1.165) is 63.4 Å². The van der Waals surface area contributed by atoms with Crippen LogP contribution < -0.4 is 0 Å². The van der Waals surface area contributed by atoms with Crippen molar-refractivity contribution in [3.63, 3.8) is 0 Å². The van der Waals surface area contributed by atoms with Crippen molar-refractivity contribution in [1.29, 1.82) is 0 Å². The van der Waals surface area contributed by atoms with Crippen LogP contribution in [0.15, 0.2) is 24.3 Å². The molecule has 1 heterocycles. The Morgan fingerprint density at radius 2 is 1.83 bits per heavy atom. The number of likely N-dealkylation sites (N-methyl/N-ethyl adjacent to an activating group) is 1. The SMILES string of the molecule is CN1CCN(CC2CCCCC2(O)Cc2ccc(Cl)cc2)CC1. The van der Waals surface area contributed by atoms with Crippen LogP contribution in [0, 0.1) is 5.92 Å². The van der Waals surface area contributed by atoms with Crippen LogP contribution in [-0.2, 0) is 6.42 Å². The maximum absolute atomic E-state index is 11.4. The van der Waals surface area contributed by atoms with E-state index < -0.39 is 5.60 Å². The van der Waals surface area contributed by atoms with E-state index in [0.29, 0.717) is 5.92 Å². The number of benzene rings is 1. The number of aliphatic hydroxyl groups is 1. The van der Waals surface area contributed by atoms with Crippen molar-refractivity contribution in [2.45, 2.75) is 37.7 Å². The van der Waals surface area contributed by atoms with Crippen molar-refractivity contribution in [3.8, 4) is 0 Å². The summed E-state index contributed by atoms with van der Waals surface area (Å²) < 4.78 is 0. The van der Waals surface area contributed by atoms with Crippen LogP contribution in [0.4, 0.5) is 0 Å². The number of piperazine rings is 1. The second-order valence-electron chi connectivity index (χ2n) is 7.45. The van der Waals surface area contributed by atoms with Gasteiger partial charge in [0.1, 0.15) is 0 Å². The standard InChI is InChI=1S/C19H29ClN2O/c1-21-10-12-22(13-11-21)15-17-4-2-3-9-19(17,23)14-16-5-7-18(20)8-6-16/h5-8,17,23H,2-4,9-15H2,1H3. The van der Waals surface area contributed by atoms with Gasteiger partial charge >= 0.3 is 0 Å². The van der Waals surface area contributed by atoms with Crippen molar-refractivity contribution in [3.05, 3.63) is 34.9 Å². The number of halogens is 1. The van der Waals surface area contributed by atoms with Gasteiger partial charge in [-0.25, -0.2) is 0 Å². The molecule has 3 rings (SSSR count). The first-order valence-corrected chi connectivity index (χ1v) is 9.31. The van der Waals surface area contributed by atoms with E-state index in [1.54, 1.807) is 0 Å². The molecule has 1 aliphatic carbocycles.